The summed E-state index contributed by atoms with van der Waals surface area (Å²) in [5.41, 5.74) is 0. The van der Waals surface area contributed by atoms with E-state index in [4.69, 9.17) is 0 Å². The number of carbonyl (C=O) groups is 1. The van der Waals surface area contributed by atoms with Crippen molar-refractivity contribution in [2.45, 2.75) is 27.2 Å². The molecule has 1 atom stereocenters. The minimum atomic E-state index is 0.167. The van der Waals surface area contributed by atoms with Gasteiger partial charge < -0.3 is 4.79 Å². The molecular formula is C8H18OS. The lowest BCUT2D eigenvalue weighted by molar-refractivity contribution is -0.114. The van der Waals surface area contributed by atoms with E-state index in [-0.39, 0.29) is 5.78 Å². The lowest BCUT2D eigenvalue weighted by Gasteiger charge is -1.90. The highest BCUT2D eigenvalue weighted by Crippen LogP contribution is 2.01. The summed E-state index contributed by atoms with van der Waals surface area (Å²) in [5.74, 6) is 5.31. The fourth-order valence-electron chi connectivity index (χ4n) is 0.348. The highest BCUT2D eigenvalue weighted by Gasteiger charge is 1.73. The predicted molar refractivity (Wildman–Crippen MR) is 52.1 cm³/mol. The van der Waals surface area contributed by atoms with Crippen LogP contribution in [0.3, 0.4) is 0 Å². The molecule has 0 rings (SSSR count). The van der Waals surface area contributed by atoms with Crippen molar-refractivity contribution in [2.75, 3.05) is 12.0 Å². The van der Waals surface area contributed by atoms with Gasteiger partial charge in [-0.3, -0.25) is 0 Å². The van der Waals surface area contributed by atoms with E-state index >= 15 is 0 Å². The Hall–Kier alpha value is -0.110. The monoisotopic (exact) mass is 162 g/mol. The molecular weight excluding hydrogens is 144 g/mol. The first-order valence-electron chi connectivity index (χ1n) is 3.40. The van der Waals surface area contributed by atoms with E-state index in [9.17, 15) is 4.79 Å². The molecule has 0 aliphatic heterocycles. The van der Waals surface area contributed by atoms with Gasteiger partial charge in [-0.2, -0.15) is 10.5 Å². The van der Waals surface area contributed by atoms with Crippen molar-refractivity contribution in [2.24, 2.45) is 0 Å². The number of Topliss-reactive ketones (excluding diaryl/α,β-unsaturated/α-hetero) is 1. The molecule has 62 valence electrons. The smallest absolute Gasteiger partial charge is 0.126 e. The lowest BCUT2D eigenvalue weighted by Crippen LogP contribution is -1.71. The van der Waals surface area contributed by atoms with Crippen LogP contribution < -0.4 is 0 Å². The van der Waals surface area contributed by atoms with E-state index in [1.807, 2.05) is 0 Å². The van der Waals surface area contributed by atoms with Crippen molar-refractivity contribution < 1.29 is 4.79 Å². The topological polar surface area (TPSA) is 17.1 Å². The van der Waals surface area contributed by atoms with Gasteiger partial charge in [0.05, 0.1) is 0 Å². The van der Waals surface area contributed by atoms with Crippen LogP contribution in [0.5, 0.6) is 0 Å². The Bertz CT molecular complexity index is 104. The van der Waals surface area contributed by atoms with Gasteiger partial charge >= 0.3 is 0 Å². The summed E-state index contributed by atoms with van der Waals surface area (Å²) < 4.78 is 0. The fraction of sp³-hybridized carbons (Fsp3) is 0.750. The van der Waals surface area contributed by atoms with Gasteiger partial charge in [0, 0.05) is 0 Å². The molecule has 0 bridgehead atoms. The van der Waals surface area contributed by atoms with E-state index in [0.717, 1.165) is 0 Å². The summed E-state index contributed by atoms with van der Waals surface area (Å²) in [6.45, 7) is 5.24. The second-order valence-corrected chi connectivity index (χ2v) is 4.37. The SMILES string of the molecule is C=S(C)CCC.CC(C)=O. The number of carbonyl (C=O) groups excluding carboxylic acids is 1. The average Bonchev–Trinajstić information content (AvgIpc) is 1.62. The van der Waals surface area contributed by atoms with Gasteiger partial charge in [-0.1, -0.05) is 12.8 Å². The van der Waals surface area contributed by atoms with Crippen LogP contribution in [-0.2, 0) is 4.79 Å². The lowest BCUT2D eigenvalue weighted by atomic mass is 10.6. The standard InChI is InChI=1S/C5H12S.C3H6O/c1-4-5-6(2)3;1-3(2)4/h2,4-5H2,1,3H3;1-2H3. The van der Waals surface area contributed by atoms with Gasteiger partial charge in [-0.25, -0.2) is 0 Å². The van der Waals surface area contributed by atoms with Crippen LogP contribution in [-0.4, -0.2) is 23.7 Å². The van der Waals surface area contributed by atoms with Crippen LogP contribution in [0.2, 0.25) is 0 Å². The Balaban J connectivity index is 0. The van der Waals surface area contributed by atoms with Crippen molar-refractivity contribution >= 4 is 22.1 Å². The maximum Gasteiger partial charge on any atom is 0.126 e. The minimum absolute atomic E-state index is 0.167. The molecule has 0 saturated heterocycles. The average molecular weight is 162 g/mol. The maximum absolute atomic E-state index is 9.44. The van der Waals surface area contributed by atoms with Crippen LogP contribution in [0, 0.1) is 0 Å². The third-order valence-corrected chi connectivity index (χ3v) is 1.66. The summed E-state index contributed by atoms with van der Waals surface area (Å²) in [5, 5.41) is 0. The van der Waals surface area contributed by atoms with Crippen LogP contribution >= 0.6 is 10.5 Å². The first-order chi connectivity index (χ1) is 4.50. The van der Waals surface area contributed by atoms with Crippen molar-refractivity contribution in [1.82, 2.24) is 0 Å². The number of rotatable bonds is 2. The number of hydrogen-bond acceptors (Lipinski definition) is 1. The highest BCUT2D eigenvalue weighted by atomic mass is 32.2. The molecule has 2 heteroatoms. The maximum atomic E-state index is 9.44. The van der Waals surface area contributed by atoms with Crippen molar-refractivity contribution in [3.05, 3.63) is 0 Å². The summed E-state index contributed by atoms with van der Waals surface area (Å²) in [7, 11) is 0.434. The molecule has 1 unspecified atom stereocenters. The largest absolute Gasteiger partial charge is 0.300 e. The second kappa shape index (κ2) is 8.89. The van der Waals surface area contributed by atoms with Crippen molar-refractivity contribution in [1.29, 1.82) is 0 Å². The van der Waals surface area contributed by atoms with Crippen molar-refractivity contribution in [3.63, 3.8) is 0 Å². The second-order valence-electron chi connectivity index (χ2n) is 2.39. The van der Waals surface area contributed by atoms with Crippen LogP contribution in [0.15, 0.2) is 0 Å². The first-order valence-corrected chi connectivity index (χ1v) is 5.37. The number of ketones is 1. The fourth-order valence-corrected chi connectivity index (χ4v) is 1.05. The summed E-state index contributed by atoms with van der Waals surface area (Å²) in [6.07, 6.45) is 3.45. The highest BCUT2D eigenvalue weighted by molar-refractivity contribution is 8.13. The molecule has 0 aliphatic carbocycles. The van der Waals surface area contributed by atoms with Gasteiger partial charge in [0.1, 0.15) is 5.78 Å². The van der Waals surface area contributed by atoms with E-state index in [1.165, 1.54) is 26.0 Å². The number of hydrogen-bond donors (Lipinski definition) is 0. The Kier molecular flexibility index (Phi) is 11.2. The Labute approximate surface area is 66.8 Å². The Morgan fingerprint density at radius 2 is 1.80 bits per heavy atom. The summed E-state index contributed by atoms with van der Waals surface area (Å²) in [6, 6.07) is 0. The minimum Gasteiger partial charge on any atom is -0.300 e. The van der Waals surface area contributed by atoms with Crippen LogP contribution in [0.25, 0.3) is 0 Å². The molecule has 0 radical (unpaired) electrons. The summed E-state index contributed by atoms with van der Waals surface area (Å²) in [4.78, 5) is 9.44. The summed E-state index contributed by atoms with van der Waals surface area (Å²) >= 11 is 0. The van der Waals surface area contributed by atoms with Gasteiger partial charge in [-0.15, -0.1) is 0 Å². The van der Waals surface area contributed by atoms with Gasteiger partial charge in [-0.05, 0) is 32.3 Å². The molecule has 0 heterocycles. The molecule has 0 aromatic heterocycles. The predicted octanol–water partition coefficient (Wildman–Crippen LogP) is 2.32. The zero-order chi connectivity index (χ0) is 8.57. The molecule has 0 aromatic carbocycles. The van der Waals surface area contributed by atoms with Gasteiger partial charge in [0.25, 0.3) is 0 Å². The molecule has 0 aromatic rings. The molecule has 1 nitrogen and oxygen atoms in total. The van der Waals surface area contributed by atoms with E-state index in [1.54, 1.807) is 0 Å². The molecule has 0 amide bonds. The van der Waals surface area contributed by atoms with Crippen molar-refractivity contribution in [3.8, 4) is 0 Å². The normalized spacial score (nSPS) is 11.2. The first kappa shape index (κ1) is 12.6. The Morgan fingerprint density at radius 1 is 1.50 bits per heavy atom. The third-order valence-electron chi connectivity index (χ3n) is 0.553. The van der Waals surface area contributed by atoms with E-state index in [0.29, 0.717) is 10.5 Å². The van der Waals surface area contributed by atoms with Crippen LogP contribution in [0.1, 0.15) is 27.2 Å². The molecule has 0 N–H and O–H groups in total. The molecule has 0 saturated carbocycles. The molecule has 0 fully saturated rings. The zero-order valence-electron chi connectivity index (χ0n) is 7.44. The van der Waals surface area contributed by atoms with Gasteiger partial charge in [0.15, 0.2) is 0 Å². The zero-order valence-corrected chi connectivity index (χ0v) is 8.25. The molecule has 0 spiro atoms. The van der Waals surface area contributed by atoms with Gasteiger partial charge in [0.2, 0.25) is 0 Å². The Morgan fingerprint density at radius 3 is 1.80 bits per heavy atom. The van der Waals surface area contributed by atoms with E-state index in [2.05, 4.69) is 19.0 Å². The van der Waals surface area contributed by atoms with Crippen LogP contribution in [0.4, 0.5) is 0 Å². The molecule has 10 heavy (non-hydrogen) atoms. The van der Waals surface area contributed by atoms with E-state index < -0.39 is 0 Å². The third kappa shape index (κ3) is 44.8. The quantitative estimate of drug-likeness (QED) is 0.569. The molecule has 0 aliphatic rings.